The average Bonchev–Trinajstić information content (AvgIpc) is 2.55. The summed E-state index contributed by atoms with van der Waals surface area (Å²) < 4.78 is 5.54. The minimum atomic E-state index is 0.779. The lowest BCUT2D eigenvalue weighted by atomic mass is 9.65. The fourth-order valence-corrected chi connectivity index (χ4v) is 5.32. The van der Waals surface area contributed by atoms with Gasteiger partial charge in [-0.05, 0) is 68.7 Å². The second-order valence-corrected chi connectivity index (χ2v) is 7.83. The van der Waals surface area contributed by atoms with E-state index in [1.54, 1.807) is 0 Å². The van der Waals surface area contributed by atoms with Crippen LogP contribution in [0.15, 0.2) is 0 Å². The van der Waals surface area contributed by atoms with Crippen molar-refractivity contribution in [1.82, 2.24) is 5.32 Å². The van der Waals surface area contributed by atoms with Gasteiger partial charge in [-0.1, -0.05) is 32.6 Å². The molecule has 3 rings (SSSR count). The topological polar surface area (TPSA) is 21.3 Å². The second kappa shape index (κ2) is 7.97. The molecule has 3 aliphatic rings. The summed E-state index contributed by atoms with van der Waals surface area (Å²) in [5.74, 6) is 4.01. The Morgan fingerprint density at radius 1 is 0.952 bits per heavy atom. The number of hydrogen-bond acceptors (Lipinski definition) is 2. The Morgan fingerprint density at radius 3 is 2.48 bits per heavy atom. The van der Waals surface area contributed by atoms with Crippen molar-refractivity contribution in [2.75, 3.05) is 19.8 Å². The molecule has 1 heterocycles. The van der Waals surface area contributed by atoms with Crippen LogP contribution in [-0.2, 0) is 4.74 Å². The van der Waals surface area contributed by atoms with Crippen molar-refractivity contribution in [1.29, 1.82) is 0 Å². The molecule has 2 nitrogen and oxygen atoms in total. The lowest BCUT2D eigenvalue weighted by Gasteiger charge is -2.43. The van der Waals surface area contributed by atoms with Crippen molar-refractivity contribution in [3.63, 3.8) is 0 Å². The smallest absolute Gasteiger partial charge is 0.0468 e. The quantitative estimate of drug-likeness (QED) is 0.812. The SMILES string of the molecule is CCNC(CC1CCOCC1)C1CCC2CCCCC2C1. The van der Waals surface area contributed by atoms with Gasteiger partial charge in [-0.25, -0.2) is 0 Å². The first-order chi connectivity index (χ1) is 10.4. The molecule has 122 valence electrons. The Bertz CT molecular complexity index is 300. The van der Waals surface area contributed by atoms with Crippen molar-refractivity contribution in [3.05, 3.63) is 0 Å². The summed E-state index contributed by atoms with van der Waals surface area (Å²) in [6.45, 7) is 5.42. The molecule has 2 heteroatoms. The first-order valence-electron chi connectivity index (χ1n) is 9.68. The molecular formula is C19H35NO. The zero-order valence-corrected chi connectivity index (χ0v) is 14.0. The van der Waals surface area contributed by atoms with E-state index in [9.17, 15) is 0 Å². The molecule has 21 heavy (non-hydrogen) atoms. The number of hydrogen-bond donors (Lipinski definition) is 1. The van der Waals surface area contributed by atoms with Crippen molar-refractivity contribution in [2.24, 2.45) is 23.7 Å². The lowest BCUT2D eigenvalue weighted by Crippen LogP contribution is -2.42. The highest BCUT2D eigenvalue weighted by Crippen LogP contribution is 2.44. The Kier molecular flexibility index (Phi) is 5.99. The first-order valence-corrected chi connectivity index (χ1v) is 9.68. The fourth-order valence-electron chi connectivity index (χ4n) is 5.32. The van der Waals surface area contributed by atoms with E-state index in [1.165, 1.54) is 64.2 Å². The Morgan fingerprint density at radius 2 is 1.71 bits per heavy atom. The van der Waals surface area contributed by atoms with Gasteiger partial charge in [0, 0.05) is 19.3 Å². The molecule has 2 aliphatic carbocycles. The summed E-state index contributed by atoms with van der Waals surface area (Å²) in [5, 5.41) is 3.85. The number of nitrogens with one attached hydrogen (secondary N) is 1. The molecule has 1 N–H and O–H groups in total. The molecule has 0 spiro atoms. The van der Waals surface area contributed by atoms with Gasteiger partial charge in [0.2, 0.25) is 0 Å². The van der Waals surface area contributed by atoms with Crippen LogP contribution >= 0.6 is 0 Å². The molecule has 0 aromatic rings. The summed E-state index contributed by atoms with van der Waals surface area (Å²) in [6, 6.07) is 0.779. The van der Waals surface area contributed by atoms with Crippen molar-refractivity contribution < 1.29 is 4.74 Å². The third-order valence-corrected chi connectivity index (χ3v) is 6.54. The molecule has 0 amide bonds. The highest BCUT2D eigenvalue weighted by molar-refractivity contribution is 4.89. The molecule has 0 radical (unpaired) electrons. The zero-order valence-electron chi connectivity index (χ0n) is 14.0. The summed E-state index contributed by atoms with van der Waals surface area (Å²) >= 11 is 0. The van der Waals surface area contributed by atoms with Crippen LogP contribution in [-0.4, -0.2) is 25.8 Å². The molecule has 0 aromatic carbocycles. The Labute approximate surface area is 131 Å². The van der Waals surface area contributed by atoms with Crippen molar-refractivity contribution in [3.8, 4) is 0 Å². The number of ether oxygens (including phenoxy) is 1. The van der Waals surface area contributed by atoms with Crippen LogP contribution in [0.2, 0.25) is 0 Å². The van der Waals surface area contributed by atoms with E-state index in [1.807, 2.05) is 0 Å². The van der Waals surface area contributed by atoms with Gasteiger partial charge < -0.3 is 10.1 Å². The Hall–Kier alpha value is -0.0800. The monoisotopic (exact) mass is 293 g/mol. The third kappa shape index (κ3) is 4.22. The second-order valence-electron chi connectivity index (χ2n) is 7.83. The van der Waals surface area contributed by atoms with E-state index in [0.717, 1.165) is 49.5 Å². The fraction of sp³-hybridized carbons (Fsp3) is 1.00. The largest absolute Gasteiger partial charge is 0.381 e. The average molecular weight is 293 g/mol. The predicted molar refractivity (Wildman–Crippen MR) is 88.4 cm³/mol. The van der Waals surface area contributed by atoms with Crippen LogP contribution in [0.4, 0.5) is 0 Å². The van der Waals surface area contributed by atoms with Gasteiger partial charge >= 0.3 is 0 Å². The molecule has 3 fully saturated rings. The van der Waals surface area contributed by atoms with Crippen LogP contribution in [0.25, 0.3) is 0 Å². The van der Waals surface area contributed by atoms with Gasteiger partial charge in [0.05, 0.1) is 0 Å². The van der Waals surface area contributed by atoms with Crippen LogP contribution in [0.3, 0.4) is 0 Å². The lowest BCUT2D eigenvalue weighted by molar-refractivity contribution is 0.0505. The standard InChI is InChI=1S/C19H35NO/c1-2-20-19(13-15-9-11-21-12-10-15)18-8-7-16-5-3-4-6-17(16)14-18/h15-20H,2-14H2,1H3. The van der Waals surface area contributed by atoms with Gasteiger partial charge in [-0.2, -0.15) is 0 Å². The predicted octanol–water partition coefficient (Wildman–Crippen LogP) is 4.39. The van der Waals surface area contributed by atoms with Crippen LogP contribution < -0.4 is 5.32 Å². The minimum absolute atomic E-state index is 0.779. The van der Waals surface area contributed by atoms with E-state index in [4.69, 9.17) is 4.74 Å². The van der Waals surface area contributed by atoms with Gasteiger partial charge in [0.1, 0.15) is 0 Å². The summed E-state index contributed by atoms with van der Waals surface area (Å²) in [4.78, 5) is 0. The van der Waals surface area contributed by atoms with Gasteiger partial charge in [0.15, 0.2) is 0 Å². The molecule has 4 unspecified atom stereocenters. The highest BCUT2D eigenvalue weighted by atomic mass is 16.5. The van der Waals surface area contributed by atoms with Crippen LogP contribution in [0, 0.1) is 23.7 Å². The van der Waals surface area contributed by atoms with Crippen LogP contribution in [0.5, 0.6) is 0 Å². The maximum Gasteiger partial charge on any atom is 0.0468 e. The first kappa shape index (κ1) is 15.8. The normalized spacial score (nSPS) is 36.1. The molecule has 1 aliphatic heterocycles. The number of fused-ring (bicyclic) bond motifs is 1. The minimum Gasteiger partial charge on any atom is -0.381 e. The molecule has 4 atom stereocenters. The number of rotatable bonds is 5. The highest BCUT2D eigenvalue weighted by Gasteiger charge is 2.35. The van der Waals surface area contributed by atoms with E-state index in [2.05, 4.69) is 12.2 Å². The maximum absolute atomic E-state index is 5.54. The molecule has 0 aromatic heterocycles. The van der Waals surface area contributed by atoms with Gasteiger partial charge in [-0.15, -0.1) is 0 Å². The molecule has 2 saturated carbocycles. The van der Waals surface area contributed by atoms with Gasteiger partial charge in [-0.3, -0.25) is 0 Å². The molecule has 0 bridgehead atoms. The van der Waals surface area contributed by atoms with E-state index in [-0.39, 0.29) is 0 Å². The van der Waals surface area contributed by atoms with Gasteiger partial charge in [0.25, 0.3) is 0 Å². The van der Waals surface area contributed by atoms with Crippen molar-refractivity contribution in [2.45, 2.75) is 77.2 Å². The van der Waals surface area contributed by atoms with Crippen molar-refractivity contribution >= 4 is 0 Å². The van der Waals surface area contributed by atoms with E-state index in [0.29, 0.717) is 0 Å². The summed E-state index contributed by atoms with van der Waals surface area (Å²) in [7, 11) is 0. The van der Waals surface area contributed by atoms with E-state index < -0.39 is 0 Å². The third-order valence-electron chi connectivity index (χ3n) is 6.54. The summed E-state index contributed by atoms with van der Waals surface area (Å²) in [5.41, 5.74) is 0. The van der Waals surface area contributed by atoms with E-state index >= 15 is 0 Å². The zero-order chi connectivity index (χ0) is 14.5. The Balaban J connectivity index is 1.55. The van der Waals surface area contributed by atoms with Crippen LogP contribution in [0.1, 0.15) is 71.1 Å². The maximum atomic E-state index is 5.54. The molecule has 1 saturated heterocycles. The summed E-state index contributed by atoms with van der Waals surface area (Å²) in [6.07, 6.45) is 14.6. The molecular weight excluding hydrogens is 258 g/mol.